The third-order valence-electron chi connectivity index (χ3n) is 5.25. The van der Waals surface area contributed by atoms with Gasteiger partial charge in [0.05, 0.1) is 14.2 Å². The Balaban J connectivity index is 2.05. The van der Waals surface area contributed by atoms with Crippen molar-refractivity contribution in [1.82, 2.24) is 4.90 Å². The average molecular weight is 289 g/mol. The molecule has 0 amide bonds. The van der Waals surface area contributed by atoms with E-state index in [4.69, 9.17) is 9.47 Å². The predicted octanol–water partition coefficient (Wildman–Crippen LogP) is 2.40. The highest BCUT2D eigenvalue weighted by molar-refractivity contribution is 5.81. The molecule has 2 atom stereocenters. The number of ether oxygens (including phenoxy) is 2. The summed E-state index contributed by atoms with van der Waals surface area (Å²) in [6.07, 6.45) is 3.36. The second kappa shape index (κ2) is 5.34. The standard InChI is InChI=1S/C17H23NO3/c1-18-9-8-17(11-13(19)5-7-16(17)18)12-4-6-14(20-2)15(10-12)21-3/h4,6,10,16H,5,7-9,11H2,1-3H3/t16-,17-/m0/s1. The lowest BCUT2D eigenvalue weighted by Crippen LogP contribution is -2.46. The highest BCUT2D eigenvalue weighted by Crippen LogP contribution is 2.48. The molecule has 0 N–H and O–H groups in total. The number of fused-ring (bicyclic) bond motifs is 1. The van der Waals surface area contributed by atoms with Gasteiger partial charge in [-0.3, -0.25) is 4.79 Å². The van der Waals surface area contributed by atoms with Crippen LogP contribution in [-0.4, -0.2) is 44.5 Å². The molecule has 1 aromatic rings. The van der Waals surface area contributed by atoms with Crippen LogP contribution < -0.4 is 9.47 Å². The molecule has 114 valence electrons. The molecule has 21 heavy (non-hydrogen) atoms. The van der Waals surface area contributed by atoms with E-state index in [1.165, 1.54) is 5.56 Å². The van der Waals surface area contributed by atoms with E-state index in [0.29, 0.717) is 24.7 Å². The number of carbonyl (C=O) groups excluding carboxylic acids is 1. The van der Waals surface area contributed by atoms with Crippen LogP contribution in [0.1, 0.15) is 31.2 Å². The van der Waals surface area contributed by atoms with Crippen molar-refractivity contribution >= 4 is 5.78 Å². The van der Waals surface area contributed by atoms with E-state index < -0.39 is 0 Å². The molecule has 2 fully saturated rings. The molecule has 1 heterocycles. The maximum absolute atomic E-state index is 12.1. The van der Waals surface area contributed by atoms with Crippen molar-refractivity contribution < 1.29 is 14.3 Å². The number of methoxy groups -OCH3 is 2. The molecule has 0 unspecified atom stereocenters. The summed E-state index contributed by atoms with van der Waals surface area (Å²) in [5.41, 5.74) is 1.16. The van der Waals surface area contributed by atoms with Crippen LogP contribution in [0.4, 0.5) is 0 Å². The zero-order valence-electron chi connectivity index (χ0n) is 13.0. The van der Waals surface area contributed by atoms with Crippen molar-refractivity contribution in [3.05, 3.63) is 23.8 Å². The highest BCUT2D eigenvalue weighted by Gasteiger charge is 2.50. The monoisotopic (exact) mass is 289 g/mol. The molecular formula is C17H23NO3. The largest absolute Gasteiger partial charge is 0.493 e. The Morgan fingerprint density at radius 1 is 1.24 bits per heavy atom. The fourth-order valence-electron chi connectivity index (χ4n) is 4.15. The van der Waals surface area contributed by atoms with Gasteiger partial charge in [-0.25, -0.2) is 0 Å². The number of rotatable bonds is 3. The summed E-state index contributed by atoms with van der Waals surface area (Å²) in [7, 11) is 5.47. The van der Waals surface area contributed by atoms with E-state index in [2.05, 4.69) is 24.1 Å². The van der Waals surface area contributed by atoms with Crippen LogP contribution in [-0.2, 0) is 10.2 Å². The van der Waals surface area contributed by atoms with Crippen LogP contribution in [0.5, 0.6) is 11.5 Å². The topological polar surface area (TPSA) is 38.8 Å². The third kappa shape index (κ3) is 2.22. The summed E-state index contributed by atoms with van der Waals surface area (Å²) in [5.74, 6) is 1.87. The fourth-order valence-corrected chi connectivity index (χ4v) is 4.15. The Bertz CT molecular complexity index is 557. The van der Waals surface area contributed by atoms with Gasteiger partial charge < -0.3 is 14.4 Å². The molecule has 1 saturated carbocycles. The van der Waals surface area contributed by atoms with Gasteiger partial charge in [0.15, 0.2) is 11.5 Å². The Hall–Kier alpha value is -1.55. The molecule has 1 saturated heterocycles. The van der Waals surface area contributed by atoms with Gasteiger partial charge in [0.2, 0.25) is 0 Å². The average Bonchev–Trinajstić information content (AvgIpc) is 2.84. The molecule has 1 aromatic carbocycles. The first-order valence-electron chi connectivity index (χ1n) is 7.55. The SMILES string of the molecule is COc1ccc([C@@]23CCN(C)[C@H]2CCC(=O)C3)cc1OC. The lowest BCUT2D eigenvalue weighted by Gasteiger charge is -2.41. The van der Waals surface area contributed by atoms with Crippen LogP contribution in [0, 0.1) is 0 Å². The van der Waals surface area contributed by atoms with Crippen LogP contribution in [0.25, 0.3) is 0 Å². The molecule has 0 bridgehead atoms. The number of hydrogen-bond donors (Lipinski definition) is 0. The number of hydrogen-bond acceptors (Lipinski definition) is 4. The number of benzene rings is 1. The van der Waals surface area contributed by atoms with Gasteiger partial charge in [-0.05, 0) is 44.1 Å². The molecule has 1 aliphatic carbocycles. The minimum absolute atomic E-state index is 0.0519. The lowest BCUT2D eigenvalue weighted by atomic mass is 9.66. The second-order valence-electron chi connectivity index (χ2n) is 6.23. The zero-order valence-corrected chi connectivity index (χ0v) is 13.0. The van der Waals surface area contributed by atoms with Gasteiger partial charge >= 0.3 is 0 Å². The first-order chi connectivity index (χ1) is 10.1. The maximum Gasteiger partial charge on any atom is 0.161 e. The molecule has 0 aromatic heterocycles. The Labute approximate surface area is 126 Å². The van der Waals surface area contributed by atoms with Crippen molar-refractivity contribution in [2.24, 2.45) is 0 Å². The summed E-state index contributed by atoms with van der Waals surface area (Å²) in [5, 5.41) is 0. The Morgan fingerprint density at radius 3 is 2.71 bits per heavy atom. The minimum Gasteiger partial charge on any atom is -0.493 e. The van der Waals surface area contributed by atoms with E-state index in [0.717, 1.165) is 30.9 Å². The van der Waals surface area contributed by atoms with Crippen LogP contribution in [0.15, 0.2) is 18.2 Å². The van der Waals surface area contributed by atoms with Gasteiger partial charge in [-0.15, -0.1) is 0 Å². The van der Waals surface area contributed by atoms with Crippen LogP contribution in [0.2, 0.25) is 0 Å². The first-order valence-corrected chi connectivity index (χ1v) is 7.55. The number of likely N-dealkylation sites (tertiary alicyclic amines) is 1. The number of Topliss-reactive ketones (excluding diaryl/α,β-unsaturated/α-hetero) is 1. The van der Waals surface area contributed by atoms with E-state index in [-0.39, 0.29) is 5.41 Å². The summed E-state index contributed by atoms with van der Waals surface area (Å²) in [6, 6.07) is 6.57. The van der Waals surface area contributed by atoms with Gasteiger partial charge in [-0.1, -0.05) is 6.07 Å². The lowest BCUT2D eigenvalue weighted by molar-refractivity contribution is -0.122. The van der Waals surface area contributed by atoms with Crippen molar-refractivity contribution in [3.8, 4) is 11.5 Å². The van der Waals surface area contributed by atoms with Crippen molar-refractivity contribution in [2.75, 3.05) is 27.8 Å². The molecular weight excluding hydrogens is 266 g/mol. The van der Waals surface area contributed by atoms with Crippen molar-refractivity contribution in [2.45, 2.75) is 37.1 Å². The summed E-state index contributed by atoms with van der Waals surface area (Å²) >= 11 is 0. The van der Waals surface area contributed by atoms with Crippen molar-refractivity contribution in [3.63, 3.8) is 0 Å². The summed E-state index contributed by atoms with van der Waals surface area (Å²) in [4.78, 5) is 14.5. The van der Waals surface area contributed by atoms with E-state index in [9.17, 15) is 4.79 Å². The highest BCUT2D eigenvalue weighted by atomic mass is 16.5. The first kappa shape index (κ1) is 14.4. The third-order valence-corrected chi connectivity index (χ3v) is 5.25. The maximum atomic E-state index is 12.1. The van der Waals surface area contributed by atoms with Gasteiger partial charge in [0.25, 0.3) is 0 Å². The molecule has 4 heteroatoms. The van der Waals surface area contributed by atoms with Crippen LogP contribution in [0.3, 0.4) is 0 Å². The van der Waals surface area contributed by atoms with E-state index in [1.54, 1.807) is 14.2 Å². The Kier molecular flexibility index (Phi) is 3.66. The smallest absolute Gasteiger partial charge is 0.161 e. The summed E-state index contributed by atoms with van der Waals surface area (Å²) < 4.78 is 10.8. The number of carbonyl (C=O) groups is 1. The van der Waals surface area contributed by atoms with E-state index in [1.807, 2.05) is 6.07 Å². The molecule has 2 aliphatic rings. The van der Waals surface area contributed by atoms with Gasteiger partial charge in [0.1, 0.15) is 5.78 Å². The molecule has 1 aliphatic heterocycles. The minimum atomic E-state index is -0.0519. The normalized spacial score (nSPS) is 29.3. The molecule has 4 nitrogen and oxygen atoms in total. The number of nitrogens with zero attached hydrogens (tertiary/aromatic N) is 1. The number of ketones is 1. The Morgan fingerprint density at radius 2 is 2.00 bits per heavy atom. The molecule has 3 rings (SSSR count). The van der Waals surface area contributed by atoms with Gasteiger partial charge in [-0.2, -0.15) is 0 Å². The van der Waals surface area contributed by atoms with E-state index >= 15 is 0 Å². The summed E-state index contributed by atoms with van der Waals surface area (Å²) in [6.45, 7) is 1.05. The predicted molar refractivity (Wildman–Crippen MR) is 81.1 cm³/mol. The molecule has 0 radical (unpaired) electrons. The number of likely N-dealkylation sites (N-methyl/N-ethyl adjacent to an activating group) is 1. The quantitative estimate of drug-likeness (QED) is 0.856. The molecule has 0 spiro atoms. The van der Waals surface area contributed by atoms with Gasteiger partial charge in [0, 0.05) is 24.3 Å². The second-order valence-corrected chi connectivity index (χ2v) is 6.23. The fraction of sp³-hybridized carbons (Fsp3) is 0.588. The van der Waals surface area contributed by atoms with Crippen molar-refractivity contribution in [1.29, 1.82) is 0 Å². The zero-order chi connectivity index (χ0) is 15.0. The van der Waals surface area contributed by atoms with Crippen LogP contribution >= 0.6 is 0 Å².